The number of piperazine rings is 1. The number of para-hydroxylation sites is 1. The number of rotatable bonds is 10. The quantitative estimate of drug-likeness (QED) is 0.201. The van der Waals surface area contributed by atoms with Crippen LogP contribution in [0.25, 0.3) is 10.9 Å². The van der Waals surface area contributed by atoms with Gasteiger partial charge in [-0.15, -0.1) is 6.58 Å². The number of Topliss-reactive ketones (excluding diaryl/α,β-unsaturated/α-hetero) is 1. The molecule has 9 nitrogen and oxygen atoms in total. The molecule has 236 valence electrons. The highest BCUT2D eigenvalue weighted by Crippen LogP contribution is 2.46. The molecule has 0 saturated carbocycles. The number of phenolic OH excluding ortho intramolecular Hbond substituents is 1. The number of carbonyl (C=O) groups is 4. The molecule has 4 aromatic rings. The highest BCUT2D eigenvalue weighted by Gasteiger charge is 2.61. The van der Waals surface area contributed by atoms with Crippen molar-refractivity contribution >= 4 is 34.4 Å². The molecule has 9 heteroatoms. The monoisotopic (exact) mass is 618 g/mol. The summed E-state index contributed by atoms with van der Waals surface area (Å²) in [5, 5.41) is 13.8. The number of nitrogens with one attached hydrogen (secondary N) is 1. The molecule has 3 aromatic carbocycles. The van der Waals surface area contributed by atoms with Crippen molar-refractivity contribution in [1.29, 1.82) is 0 Å². The summed E-state index contributed by atoms with van der Waals surface area (Å²) in [7, 11) is 1.88. The second kappa shape index (κ2) is 12.3. The van der Waals surface area contributed by atoms with Crippen LogP contribution in [0, 0.1) is 5.41 Å². The number of aromatic hydroxyl groups is 1. The van der Waals surface area contributed by atoms with Crippen molar-refractivity contribution < 1.29 is 24.3 Å². The molecule has 2 saturated heterocycles. The van der Waals surface area contributed by atoms with E-state index in [9.17, 15) is 24.3 Å². The van der Waals surface area contributed by atoms with Crippen LogP contribution in [0.5, 0.6) is 5.75 Å². The molecule has 46 heavy (non-hydrogen) atoms. The molecule has 3 unspecified atom stereocenters. The van der Waals surface area contributed by atoms with Gasteiger partial charge < -0.3 is 24.8 Å². The number of allylic oxidation sites excluding steroid dienone is 1. The van der Waals surface area contributed by atoms with Crippen LogP contribution < -0.4 is 5.32 Å². The topological polar surface area (TPSA) is 112 Å². The Kier molecular flexibility index (Phi) is 8.25. The summed E-state index contributed by atoms with van der Waals surface area (Å²) in [6.07, 6.45) is 3.96. The molecule has 2 N–H and O–H groups in total. The third kappa shape index (κ3) is 5.46. The van der Waals surface area contributed by atoms with Gasteiger partial charge in [-0.05, 0) is 42.2 Å². The van der Waals surface area contributed by atoms with Gasteiger partial charge in [-0.1, -0.05) is 66.7 Å². The van der Waals surface area contributed by atoms with Crippen LogP contribution in [0.4, 0.5) is 0 Å². The molecular weight excluding hydrogens is 580 g/mol. The van der Waals surface area contributed by atoms with Crippen LogP contribution in [0.2, 0.25) is 0 Å². The Bertz CT molecular complexity index is 1830. The van der Waals surface area contributed by atoms with Crippen LogP contribution in [-0.2, 0) is 40.9 Å². The Morgan fingerprint density at radius 3 is 2.46 bits per heavy atom. The number of amides is 3. The summed E-state index contributed by atoms with van der Waals surface area (Å²) in [5.74, 6) is -0.632. The maximum atomic E-state index is 14.4. The number of hydrogen-bond donors (Lipinski definition) is 2. The third-order valence-corrected chi connectivity index (χ3v) is 9.50. The van der Waals surface area contributed by atoms with E-state index in [4.69, 9.17) is 0 Å². The van der Waals surface area contributed by atoms with Gasteiger partial charge in [-0.3, -0.25) is 19.2 Å². The molecule has 0 bridgehead atoms. The van der Waals surface area contributed by atoms with E-state index in [2.05, 4.69) is 11.9 Å². The fourth-order valence-corrected chi connectivity index (χ4v) is 7.30. The normalized spacial score (nSPS) is 21.0. The van der Waals surface area contributed by atoms with Gasteiger partial charge in [0.15, 0.2) is 5.78 Å². The molecule has 0 radical (unpaired) electrons. The molecule has 2 aliphatic rings. The van der Waals surface area contributed by atoms with Crippen molar-refractivity contribution in [2.75, 3.05) is 6.54 Å². The van der Waals surface area contributed by atoms with Gasteiger partial charge in [0.2, 0.25) is 17.7 Å². The van der Waals surface area contributed by atoms with Gasteiger partial charge in [-0.2, -0.15) is 0 Å². The predicted molar refractivity (Wildman–Crippen MR) is 175 cm³/mol. The van der Waals surface area contributed by atoms with Gasteiger partial charge in [0.1, 0.15) is 11.8 Å². The summed E-state index contributed by atoms with van der Waals surface area (Å²) in [4.78, 5) is 58.2. The minimum absolute atomic E-state index is 0.0348. The van der Waals surface area contributed by atoms with E-state index in [1.54, 1.807) is 40.1 Å². The second-order valence-electron chi connectivity index (χ2n) is 12.4. The molecule has 6 rings (SSSR count). The van der Waals surface area contributed by atoms with E-state index < -0.39 is 17.5 Å². The molecule has 1 aromatic heterocycles. The summed E-state index contributed by atoms with van der Waals surface area (Å²) in [6.45, 7) is 6.21. The zero-order chi connectivity index (χ0) is 32.6. The van der Waals surface area contributed by atoms with Crippen molar-refractivity contribution in [1.82, 2.24) is 19.7 Å². The van der Waals surface area contributed by atoms with Crippen molar-refractivity contribution in [3.05, 3.63) is 114 Å². The summed E-state index contributed by atoms with van der Waals surface area (Å²) in [6, 6.07) is 20.5. The van der Waals surface area contributed by atoms with Gasteiger partial charge in [0, 0.05) is 56.7 Å². The molecule has 3 heterocycles. The highest BCUT2D eigenvalue weighted by atomic mass is 16.3. The number of fused-ring (bicyclic) bond motifs is 2. The van der Waals surface area contributed by atoms with E-state index in [1.165, 1.54) is 6.92 Å². The standard InChI is InChI=1S/C37H38N4O5/c1-4-17-37(36(46)38-20-26-9-6-5-7-10-26)19-33(44)41-31(18-25-13-15-28(43)16-14-25)35(45)40(23-32(37)41)21-27-11-8-12-29-30(24(2)42)22-39(3)34(27)29/h4-16,22,31-32,43H,1,17-21,23H2,2-3H3,(H,38,46). The molecule has 3 atom stereocenters. The lowest BCUT2D eigenvalue weighted by Crippen LogP contribution is -2.65. The van der Waals surface area contributed by atoms with Gasteiger partial charge >= 0.3 is 0 Å². The van der Waals surface area contributed by atoms with Crippen LogP contribution in [-0.4, -0.2) is 61.6 Å². The fraction of sp³-hybridized carbons (Fsp3) is 0.297. The molecule has 2 aliphatic heterocycles. The number of aryl methyl sites for hydroxylation is 1. The fourth-order valence-electron chi connectivity index (χ4n) is 7.30. The van der Waals surface area contributed by atoms with E-state index in [0.29, 0.717) is 12.1 Å². The van der Waals surface area contributed by atoms with E-state index in [-0.39, 0.29) is 61.6 Å². The van der Waals surface area contributed by atoms with Crippen LogP contribution in [0.15, 0.2) is 91.6 Å². The summed E-state index contributed by atoms with van der Waals surface area (Å²) < 4.78 is 1.91. The lowest BCUT2D eigenvalue weighted by atomic mass is 9.74. The maximum Gasteiger partial charge on any atom is 0.246 e. The zero-order valence-electron chi connectivity index (χ0n) is 26.1. The number of benzene rings is 3. The Morgan fingerprint density at radius 1 is 1.02 bits per heavy atom. The first-order valence-electron chi connectivity index (χ1n) is 15.5. The number of aromatic nitrogens is 1. The summed E-state index contributed by atoms with van der Waals surface area (Å²) >= 11 is 0. The van der Waals surface area contributed by atoms with E-state index >= 15 is 0 Å². The minimum atomic E-state index is -1.13. The van der Waals surface area contributed by atoms with Crippen LogP contribution >= 0.6 is 0 Å². The molecule has 2 fully saturated rings. The number of nitrogens with zero attached hydrogens (tertiary/aromatic N) is 3. The van der Waals surface area contributed by atoms with Gasteiger partial charge in [-0.25, -0.2) is 0 Å². The largest absolute Gasteiger partial charge is 0.508 e. The molecule has 0 aliphatic carbocycles. The lowest BCUT2D eigenvalue weighted by Gasteiger charge is -2.47. The number of carbonyl (C=O) groups excluding carboxylic acids is 4. The highest BCUT2D eigenvalue weighted by molar-refractivity contribution is 6.07. The predicted octanol–water partition coefficient (Wildman–Crippen LogP) is 4.52. The van der Waals surface area contributed by atoms with Crippen molar-refractivity contribution in [2.24, 2.45) is 12.5 Å². The van der Waals surface area contributed by atoms with E-state index in [1.807, 2.05) is 66.3 Å². The molecule has 0 spiro atoms. The van der Waals surface area contributed by atoms with Crippen molar-refractivity contribution in [3.63, 3.8) is 0 Å². The number of phenols is 1. The Labute approximate surface area is 268 Å². The van der Waals surface area contributed by atoms with Crippen LogP contribution in [0.1, 0.15) is 46.8 Å². The lowest BCUT2D eigenvalue weighted by molar-refractivity contribution is -0.155. The minimum Gasteiger partial charge on any atom is -0.508 e. The second-order valence-corrected chi connectivity index (χ2v) is 12.4. The van der Waals surface area contributed by atoms with Crippen molar-refractivity contribution in [3.8, 4) is 5.75 Å². The first-order valence-corrected chi connectivity index (χ1v) is 15.5. The third-order valence-electron chi connectivity index (χ3n) is 9.50. The average Bonchev–Trinajstić information content (AvgIpc) is 3.54. The van der Waals surface area contributed by atoms with E-state index in [0.717, 1.165) is 27.6 Å². The number of ketones is 1. The summed E-state index contributed by atoms with van der Waals surface area (Å²) in [5.41, 5.74) is 2.94. The Hall–Kier alpha value is -5.18. The first kappa shape index (κ1) is 30.8. The van der Waals surface area contributed by atoms with Crippen molar-refractivity contribution in [2.45, 2.75) is 51.4 Å². The first-order chi connectivity index (χ1) is 22.1. The van der Waals surface area contributed by atoms with Gasteiger partial charge in [0.25, 0.3) is 0 Å². The average molecular weight is 619 g/mol. The van der Waals surface area contributed by atoms with Crippen LogP contribution in [0.3, 0.4) is 0 Å². The number of hydrogen-bond acceptors (Lipinski definition) is 5. The van der Waals surface area contributed by atoms with Gasteiger partial charge in [0.05, 0.1) is 17.0 Å². The molecular formula is C37H38N4O5. The Morgan fingerprint density at radius 2 is 1.76 bits per heavy atom. The SMILES string of the molecule is C=CCC1(C(=O)NCc2ccccc2)CC(=O)N2C(Cc3ccc(O)cc3)C(=O)N(Cc3cccc4c(C(C)=O)cn(C)c34)CC21. The molecule has 3 amide bonds. The maximum absolute atomic E-state index is 14.4. The Balaban J connectivity index is 1.39. The smallest absolute Gasteiger partial charge is 0.246 e. The zero-order valence-corrected chi connectivity index (χ0v) is 26.1.